The van der Waals surface area contributed by atoms with Crippen LogP contribution in [0, 0.1) is 0 Å². The van der Waals surface area contributed by atoms with Crippen molar-refractivity contribution in [1.82, 2.24) is 9.97 Å². The van der Waals surface area contributed by atoms with Crippen molar-refractivity contribution in [2.75, 3.05) is 0 Å². The van der Waals surface area contributed by atoms with Gasteiger partial charge >= 0.3 is 0 Å². The average Bonchev–Trinajstić information content (AvgIpc) is 3.17. The van der Waals surface area contributed by atoms with E-state index in [1.807, 2.05) is 16.8 Å². The molecule has 0 unspecified atom stereocenters. The molecule has 4 heteroatoms. The standard InChI is InChI=1S/C19H18N2S2/c1-12(2)14-4-3-5-17-19(14)21-18(23-17)9-7-13-6-8-16-15(10-13)20-11-22-16/h3-6,8,10-12H,7,9H2,1-2H3. The summed E-state index contributed by atoms with van der Waals surface area (Å²) in [4.78, 5) is 9.31. The molecule has 0 saturated carbocycles. The van der Waals surface area contributed by atoms with E-state index >= 15 is 0 Å². The van der Waals surface area contributed by atoms with E-state index in [0.29, 0.717) is 5.92 Å². The topological polar surface area (TPSA) is 25.8 Å². The molecule has 0 atom stereocenters. The molecule has 4 aromatic rings. The molecule has 0 radical (unpaired) electrons. The predicted octanol–water partition coefficient (Wildman–Crippen LogP) is 5.81. The Hall–Kier alpha value is -1.78. The SMILES string of the molecule is CC(C)c1cccc2sc(CCc3ccc4scnc4c3)nc12. The van der Waals surface area contributed by atoms with Crippen molar-refractivity contribution >= 4 is 43.1 Å². The van der Waals surface area contributed by atoms with E-state index in [4.69, 9.17) is 4.98 Å². The van der Waals surface area contributed by atoms with E-state index in [9.17, 15) is 0 Å². The summed E-state index contributed by atoms with van der Waals surface area (Å²) >= 11 is 3.53. The molecule has 0 bridgehead atoms. The summed E-state index contributed by atoms with van der Waals surface area (Å²) in [7, 11) is 0. The van der Waals surface area contributed by atoms with Gasteiger partial charge in [0.05, 0.1) is 31.0 Å². The molecule has 0 saturated heterocycles. The second kappa shape index (κ2) is 6.02. The minimum Gasteiger partial charge on any atom is -0.245 e. The maximum absolute atomic E-state index is 4.91. The Bertz CT molecular complexity index is 966. The zero-order valence-corrected chi connectivity index (χ0v) is 14.9. The highest BCUT2D eigenvalue weighted by Gasteiger charge is 2.10. The fourth-order valence-corrected chi connectivity index (χ4v) is 4.56. The monoisotopic (exact) mass is 338 g/mol. The molecule has 0 spiro atoms. The number of nitrogens with zero attached hydrogens (tertiary/aromatic N) is 2. The van der Waals surface area contributed by atoms with Crippen molar-refractivity contribution in [1.29, 1.82) is 0 Å². The van der Waals surface area contributed by atoms with E-state index in [1.165, 1.54) is 31.1 Å². The molecule has 0 fully saturated rings. The van der Waals surface area contributed by atoms with Crippen LogP contribution in [-0.2, 0) is 12.8 Å². The smallest absolute Gasteiger partial charge is 0.0942 e. The summed E-state index contributed by atoms with van der Waals surface area (Å²) in [6.45, 7) is 4.47. The average molecular weight is 339 g/mol. The molecule has 0 aliphatic carbocycles. The summed E-state index contributed by atoms with van der Waals surface area (Å²) in [5.41, 5.74) is 6.91. The van der Waals surface area contributed by atoms with E-state index in [1.54, 1.807) is 11.3 Å². The van der Waals surface area contributed by atoms with Gasteiger partial charge in [-0.2, -0.15) is 0 Å². The van der Waals surface area contributed by atoms with Gasteiger partial charge in [-0.3, -0.25) is 0 Å². The van der Waals surface area contributed by atoms with Gasteiger partial charge < -0.3 is 0 Å². The Morgan fingerprint density at radius 1 is 1.04 bits per heavy atom. The van der Waals surface area contributed by atoms with Crippen LogP contribution >= 0.6 is 22.7 Å². The van der Waals surface area contributed by atoms with Crippen LogP contribution in [0.2, 0.25) is 0 Å². The molecule has 4 rings (SSSR count). The van der Waals surface area contributed by atoms with Crippen molar-refractivity contribution in [2.45, 2.75) is 32.6 Å². The molecule has 0 N–H and O–H groups in total. The van der Waals surface area contributed by atoms with Crippen LogP contribution in [0.25, 0.3) is 20.4 Å². The van der Waals surface area contributed by atoms with Gasteiger partial charge in [-0.05, 0) is 41.7 Å². The highest BCUT2D eigenvalue weighted by molar-refractivity contribution is 7.18. The lowest BCUT2D eigenvalue weighted by Crippen LogP contribution is -1.92. The molecule has 0 amide bonds. The largest absolute Gasteiger partial charge is 0.245 e. The minimum absolute atomic E-state index is 0.515. The zero-order valence-electron chi connectivity index (χ0n) is 13.2. The lowest BCUT2D eigenvalue weighted by atomic mass is 10.0. The maximum atomic E-state index is 4.91. The van der Waals surface area contributed by atoms with Crippen molar-refractivity contribution in [3.8, 4) is 0 Å². The Morgan fingerprint density at radius 2 is 1.96 bits per heavy atom. The molecule has 0 aliphatic heterocycles. The van der Waals surface area contributed by atoms with Gasteiger partial charge in [0.25, 0.3) is 0 Å². The lowest BCUT2D eigenvalue weighted by Gasteiger charge is -2.04. The molecule has 0 aliphatic rings. The number of aromatic nitrogens is 2. The van der Waals surface area contributed by atoms with Crippen LogP contribution in [0.15, 0.2) is 41.9 Å². The third-order valence-corrected chi connectivity index (χ3v) is 6.03. The van der Waals surface area contributed by atoms with Gasteiger partial charge in [0, 0.05) is 6.42 Å². The molecular weight excluding hydrogens is 320 g/mol. The molecule has 116 valence electrons. The number of aryl methyl sites for hydroxylation is 2. The van der Waals surface area contributed by atoms with Crippen LogP contribution < -0.4 is 0 Å². The Balaban J connectivity index is 1.58. The van der Waals surface area contributed by atoms with Gasteiger partial charge in [-0.1, -0.05) is 32.0 Å². The lowest BCUT2D eigenvalue weighted by molar-refractivity contribution is 0.871. The first kappa shape index (κ1) is 14.8. The Labute approximate surface area is 143 Å². The number of fused-ring (bicyclic) bond motifs is 2. The summed E-state index contributed by atoms with van der Waals surface area (Å²) < 4.78 is 2.57. The number of rotatable bonds is 4. The third kappa shape index (κ3) is 2.89. The van der Waals surface area contributed by atoms with Gasteiger partial charge in [-0.15, -0.1) is 22.7 Å². The third-order valence-electron chi connectivity index (χ3n) is 4.14. The van der Waals surface area contributed by atoms with Crippen molar-refractivity contribution < 1.29 is 0 Å². The summed E-state index contributed by atoms with van der Waals surface area (Å²) in [6.07, 6.45) is 2.01. The quantitative estimate of drug-likeness (QED) is 0.469. The molecule has 2 aromatic heterocycles. The fourth-order valence-electron chi connectivity index (χ4n) is 2.90. The van der Waals surface area contributed by atoms with E-state index in [2.05, 4.69) is 55.2 Å². The van der Waals surface area contributed by atoms with Crippen LogP contribution in [-0.4, -0.2) is 9.97 Å². The van der Waals surface area contributed by atoms with E-state index in [0.717, 1.165) is 18.4 Å². The summed E-state index contributed by atoms with van der Waals surface area (Å²) in [5.74, 6) is 0.515. The normalized spacial score (nSPS) is 11.8. The number of hydrogen-bond acceptors (Lipinski definition) is 4. The van der Waals surface area contributed by atoms with Crippen LogP contribution in [0.5, 0.6) is 0 Å². The number of hydrogen-bond donors (Lipinski definition) is 0. The van der Waals surface area contributed by atoms with Crippen molar-refractivity contribution in [3.63, 3.8) is 0 Å². The number of thiazole rings is 2. The van der Waals surface area contributed by atoms with Crippen LogP contribution in [0.4, 0.5) is 0 Å². The van der Waals surface area contributed by atoms with E-state index in [-0.39, 0.29) is 0 Å². The van der Waals surface area contributed by atoms with Gasteiger partial charge in [0.2, 0.25) is 0 Å². The minimum atomic E-state index is 0.515. The van der Waals surface area contributed by atoms with Crippen molar-refractivity contribution in [2.24, 2.45) is 0 Å². The first-order valence-corrected chi connectivity index (χ1v) is 9.61. The molecule has 2 aromatic carbocycles. The van der Waals surface area contributed by atoms with Crippen molar-refractivity contribution in [3.05, 3.63) is 58.0 Å². The van der Waals surface area contributed by atoms with Gasteiger partial charge in [0.15, 0.2) is 0 Å². The fraction of sp³-hybridized carbons (Fsp3) is 0.263. The van der Waals surface area contributed by atoms with Gasteiger partial charge in [0.1, 0.15) is 0 Å². The van der Waals surface area contributed by atoms with Crippen LogP contribution in [0.3, 0.4) is 0 Å². The van der Waals surface area contributed by atoms with E-state index < -0.39 is 0 Å². The summed E-state index contributed by atoms with van der Waals surface area (Å²) in [5, 5.41) is 1.23. The highest BCUT2D eigenvalue weighted by atomic mass is 32.1. The molecule has 23 heavy (non-hydrogen) atoms. The molecule has 2 nitrogen and oxygen atoms in total. The predicted molar refractivity (Wildman–Crippen MR) is 101 cm³/mol. The summed E-state index contributed by atoms with van der Waals surface area (Å²) in [6, 6.07) is 13.1. The second-order valence-electron chi connectivity index (χ2n) is 6.11. The second-order valence-corrected chi connectivity index (χ2v) is 8.11. The highest BCUT2D eigenvalue weighted by Crippen LogP contribution is 2.30. The zero-order chi connectivity index (χ0) is 15.8. The first-order chi connectivity index (χ1) is 11.2. The molecule has 2 heterocycles. The molecular formula is C19H18N2S2. The number of benzene rings is 2. The number of para-hydroxylation sites is 1. The Kier molecular flexibility index (Phi) is 3.87. The first-order valence-electron chi connectivity index (χ1n) is 7.91. The van der Waals surface area contributed by atoms with Crippen LogP contribution in [0.1, 0.15) is 35.9 Å². The maximum Gasteiger partial charge on any atom is 0.0942 e. The van der Waals surface area contributed by atoms with Gasteiger partial charge in [-0.25, -0.2) is 9.97 Å². The Morgan fingerprint density at radius 3 is 2.83 bits per heavy atom.